The minimum absolute atomic E-state index is 0.00347. The van der Waals surface area contributed by atoms with Crippen LogP contribution in [0.25, 0.3) is 11.1 Å². The van der Waals surface area contributed by atoms with Gasteiger partial charge in [-0.2, -0.15) is 10.2 Å². The molecule has 1 aliphatic heterocycles. The molecule has 1 fully saturated rings. The van der Waals surface area contributed by atoms with E-state index in [2.05, 4.69) is 20.2 Å². The molecule has 4 rings (SSSR count). The highest BCUT2D eigenvalue weighted by atomic mass is 16.5. The van der Waals surface area contributed by atoms with Crippen molar-refractivity contribution in [1.82, 2.24) is 29.8 Å². The van der Waals surface area contributed by atoms with Crippen LogP contribution in [0.1, 0.15) is 22.0 Å². The summed E-state index contributed by atoms with van der Waals surface area (Å²) < 4.78 is 7.84. The van der Waals surface area contributed by atoms with Crippen LogP contribution in [0.4, 0.5) is 0 Å². The molecular weight excluding hydrogens is 368 g/mol. The first-order valence-corrected chi connectivity index (χ1v) is 9.68. The molecule has 2 atom stereocenters. The molecular formula is C21H26N6O2. The molecule has 1 N–H and O–H groups in total. The van der Waals surface area contributed by atoms with Crippen LogP contribution in [-0.4, -0.2) is 75.6 Å². The van der Waals surface area contributed by atoms with E-state index in [-0.39, 0.29) is 18.1 Å². The van der Waals surface area contributed by atoms with Crippen LogP contribution in [0.5, 0.6) is 0 Å². The molecule has 1 amide bonds. The van der Waals surface area contributed by atoms with Crippen LogP contribution < -0.4 is 0 Å². The molecule has 3 aromatic rings. The molecule has 2 aromatic heterocycles. The predicted octanol–water partition coefficient (Wildman–Crippen LogP) is 1.95. The maximum atomic E-state index is 13.5. The third-order valence-electron chi connectivity index (χ3n) is 5.17. The van der Waals surface area contributed by atoms with Gasteiger partial charge in [-0.25, -0.2) is 0 Å². The smallest absolute Gasteiger partial charge is 0.254 e. The number of hydrogen-bond donors (Lipinski definition) is 1. The number of aryl methyl sites for hydroxylation is 1. The number of hydrogen-bond acceptors (Lipinski definition) is 5. The Balaban J connectivity index is 1.67. The summed E-state index contributed by atoms with van der Waals surface area (Å²) >= 11 is 0. The summed E-state index contributed by atoms with van der Waals surface area (Å²) in [6.45, 7) is 1.78. The fraction of sp³-hybridized carbons (Fsp3) is 0.381. The number of likely N-dealkylation sites (N-methyl/N-ethyl adjacent to an activating group) is 1. The zero-order chi connectivity index (χ0) is 20.4. The molecule has 0 aliphatic carbocycles. The average Bonchev–Trinajstić information content (AvgIpc) is 3.39. The molecule has 0 radical (unpaired) electrons. The maximum Gasteiger partial charge on any atom is 0.254 e. The van der Waals surface area contributed by atoms with Crippen molar-refractivity contribution >= 4 is 5.91 Å². The van der Waals surface area contributed by atoms with Crippen LogP contribution in [0.2, 0.25) is 0 Å². The third kappa shape index (κ3) is 4.08. The Hall–Kier alpha value is -2.97. The maximum absolute atomic E-state index is 13.5. The van der Waals surface area contributed by atoms with E-state index in [1.807, 2.05) is 68.9 Å². The Kier molecular flexibility index (Phi) is 5.46. The van der Waals surface area contributed by atoms with Crippen LogP contribution in [0.3, 0.4) is 0 Å². The van der Waals surface area contributed by atoms with Gasteiger partial charge in [0.25, 0.3) is 5.91 Å². The van der Waals surface area contributed by atoms with Gasteiger partial charge in [-0.1, -0.05) is 12.1 Å². The van der Waals surface area contributed by atoms with Crippen LogP contribution in [0, 0.1) is 0 Å². The average molecular weight is 394 g/mol. The predicted molar refractivity (Wildman–Crippen MR) is 109 cm³/mol. The van der Waals surface area contributed by atoms with E-state index < -0.39 is 0 Å². The number of aromatic amines is 1. The number of H-pyrrole nitrogens is 1. The van der Waals surface area contributed by atoms with Gasteiger partial charge in [0.2, 0.25) is 0 Å². The summed E-state index contributed by atoms with van der Waals surface area (Å²) in [7, 11) is 5.91. The normalized spacial score (nSPS) is 19.7. The Morgan fingerprint density at radius 1 is 1.31 bits per heavy atom. The highest BCUT2D eigenvalue weighted by Crippen LogP contribution is 2.32. The second-order valence-corrected chi connectivity index (χ2v) is 7.63. The number of carbonyl (C=O) groups is 1. The Morgan fingerprint density at radius 2 is 2.17 bits per heavy atom. The standard InChI is InChI=1S/C21H26N6O2/c1-25(2)14-19-20(18-12-24-26(3)13-18)27(7-8-29-19)21(28)16-6-4-5-15(9-16)17-10-22-23-11-17/h4-6,9-13,19-20H,7-8,14H2,1-3H3,(H,22,23)/t19-,20-/m0/s1. The highest BCUT2D eigenvalue weighted by Gasteiger charge is 2.37. The van der Waals surface area contributed by atoms with Crippen LogP contribution >= 0.6 is 0 Å². The number of aromatic nitrogens is 4. The number of rotatable bonds is 5. The Morgan fingerprint density at radius 3 is 2.86 bits per heavy atom. The molecule has 1 saturated heterocycles. The number of benzene rings is 1. The quantitative estimate of drug-likeness (QED) is 0.716. The second-order valence-electron chi connectivity index (χ2n) is 7.63. The zero-order valence-corrected chi connectivity index (χ0v) is 16.9. The van der Waals surface area contributed by atoms with Gasteiger partial charge in [-0.3, -0.25) is 14.6 Å². The van der Waals surface area contributed by atoms with E-state index in [0.29, 0.717) is 18.7 Å². The number of amides is 1. The first-order chi connectivity index (χ1) is 14.0. The lowest BCUT2D eigenvalue weighted by Gasteiger charge is -2.41. The van der Waals surface area contributed by atoms with E-state index in [9.17, 15) is 4.79 Å². The van der Waals surface area contributed by atoms with Gasteiger partial charge in [0, 0.05) is 49.2 Å². The van der Waals surface area contributed by atoms with Gasteiger partial charge < -0.3 is 14.5 Å². The summed E-state index contributed by atoms with van der Waals surface area (Å²) in [5, 5.41) is 11.1. The topological polar surface area (TPSA) is 79.3 Å². The summed E-state index contributed by atoms with van der Waals surface area (Å²) in [4.78, 5) is 17.6. The van der Waals surface area contributed by atoms with Crippen molar-refractivity contribution in [3.05, 3.63) is 60.2 Å². The van der Waals surface area contributed by atoms with E-state index in [4.69, 9.17) is 4.74 Å². The fourth-order valence-electron chi connectivity index (χ4n) is 3.87. The fourth-order valence-corrected chi connectivity index (χ4v) is 3.87. The highest BCUT2D eigenvalue weighted by molar-refractivity contribution is 5.95. The summed E-state index contributed by atoms with van der Waals surface area (Å²) in [6, 6.07) is 7.48. The monoisotopic (exact) mass is 394 g/mol. The lowest BCUT2D eigenvalue weighted by molar-refractivity contribution is -0.0684. The first-order valence-electron chi connectivity index (χ1n) is 9.68. The lowest BCUT2D eigenvalue weighted by atomic mass is 9.98. The van der Waals surface area contributed by atoms with Crippen molar-refractivity contribution in [3.63, 3.8) is 0 Å². The summed E-state index contributed by atoms with van der Waals surface area (Å²) in [5.74, 6) is -0.00347. The van der Waals surface area contributed by atoms with Gasteiger partial charge in [0.15, 0.2) is 0 Å². The molecule has 8 nitrogen and oxygen atoms in total. The number of nitrogens with zero attached hydrogens (tertiary/aromatic N) is 5. The van der Waals surface area contributed by atoms with Gasteiger partial charge in [0.05, 0.1) is 31.1 Å². The van der Waals surface area contributed by atoms with Crippen molar-refractivity contribution in [3.8, 4) is 11.1 Å². The minimum Gasteiger partial charge on any atom is -0.373 e. The molecule has 0 unspecified atom stereocenters. The molecule has 29 heavy (non-hydrogen) atoms. The lowest BCUT2D eigenvalue weighted by Crippen LogP contribution is -2.51. The second kappa shape index (κ2) is 8.18. The number of ether oxygens (including phenoxy) is 1. The molecule has 152 valence electrons. The van der Waals surface area contributed by atoms with Gasteiger partial charge >= 0.3 is 0 Å². The summed E-state index contributed by atoms with van der Waals surface area (Å²) in [6.07, 6.45) is 7.24. The SMILES string of the molecule is CN(C)C[C@@H]1OCCN(C(=O)c2cccc(-c3cn[nH]c3)c2)[C@H]1c1cnn(C)c1. The van der Waals surface area contributed by atoms with Gasteiger partial charge in [-0.05, 0) is 31.8 Å². The zero-order valence-electron chi connectivity index (χ0n) is 16.9. The Bertz CT molecular complexity index is 965. The van der Waals surface area contributed by atoms with Crippen molar-refractivity contribution < 1.29 is 9.53 Å². The first kappa shape index (κ1) is 19.4. The Labute approximate surface area is 170 Å². The van der Waals surface area contributed by atoms with Gasteiger partial charge in [-0.15, -0.1) is 0 Å². The summed E-state index contributed by atoms with van der Waals surface area (Å²) in [5.41, 5.74) is 3.55. The largest absolute Gasteiger partial charge is 0.373 e. The van der Waals surface area contributed by atoms with E-state index in [0.717, 1.165) is 23.2 Å². The molecule has 0 bridgehead atoms. The molecule has 1 aliphatic rings. The van der Waals surface area contributed by atoms with E-state index in [1.165, 1.54) is 0 Å². The molecule has 1 aromatic carbocycles. The number of carbonyl (C=O) groups excluding carboxylic acids is 1. The van der Waals surface area contributed by atoms with Crippen LogP contribution in [0.15, 0.2) is 49.1 Å². The molecule has 0 spiro atoms. The van der Waals surface area contributed by atoms with Crippen molar-refractivity contribution in [2.75, 3.05) is 33.8 Å². The number of morpholine rings is 1. The van der Waals surface area contributed by atoms with E-state index >= 15 is 0 Å². The van der Waals surface area contributed by atoms with Crippen LogP contribution in [-0.2, 0) is 11.8 Å². The van der Waals surface area contributed by atoms with Gasteiger partial charge in [0.1, 0.15) is 0 Å². The van der Waals surface area contributed by atoms with E-state index in [1.54, 1.807) is 10.9 Å². The molecule has 8 heteroatoms. The number of nitrogens with one attached hydrogen (secondary N) is 1. The van der Waals surface area contributed by atoms with Crippen molar-refractivity contribution in [1.29, 1.82) is 0 Å². The van der Waals surface area contributed by atoms with Crippen molar-refractivity contribution in [2.45, 2.75) is 12.1 Å². The third-order valence-corrected chi connectivity index (χ3v) is 5.17. The molecule has 0 saturated carbocycles. The van der Waals surface area contributed by atoms with Crippen molar-refractivity contribution in [2.24, 2.45) is 7.05 Å². The molecule has 3 heterocycles. The minimum atomic E-state index is -0.190.